The van der Waals surface area contributed by atoms with Gasteiger partial charge in [0.05, 0.1) is 0 Å². The molecule has 0 saturated heterocycles. The van der Waals surface area contributed by atoms with Crippen molar-refractivity contribution >= 4 is 26.6 Å². The van der Waals surface area contributed by atoms with Gasteiger partial charge in [-0.1, -0.05) is 0 Å². The van der Waals surface area contributed by atoms with Gasteiger partial charge in [0.1, 0.15) is 0 Å². The van der Waals surface area contributed by atoms with E-state index in [1.165, 1.54) is 0 Å². The van der Waals surface area contributed by atoms with Crippen LogP contribution in [0.3, 0.4) is 0 Å². The zero-order chi connectivity index (χ0) is 11.5. The molecule has 15 heavy (non-hydrogen) atoms. The van der Waals surface area contributed by atoms with Gasteiger partial charge in [-0.15, -0.1) is 0 Å². The van der Waals surface area contributed by atoms with E-state index in [1.807, 2.05) is 0 Å². The molecule has 0 spiro atoms. The summed E-state index contributed by atoms with van der Waals surface area (Å²) in [4.78, 5) is 37.1. The molecule has 9 nitrogen and oxygen atoms in total. The Bertz CT molecular complexity index is 322. The summed E-state index contributed by atoms with van der Waals surface area (Å²) >= 11 is 0. The maximum Gasteiger partial charge on any atom is 0.494 e. The molecule has 1 aromatic heterocycles. The summed E-state index contributed by atoms with van der Waals surface area (Å²) in [5, 5.41) is 2.62. The fourth-order valence-electron chi connectivity index (χ4n) is 0.830. The molecule has 84 valence electrons. The molecule has 1 aromatic rings. The smallest absolute Gasteiger partial charge is 0.390 e. The Hall–Kier alpha value is -1.49. The van der Waals surface area contributed by atoms with Gasteiger partial charge < -0.3 is 31.2 Å². The summed E-state index contributed by atoms with van der Waals surface area (Å²) in [6.45, 7) is 0.0958. The van der Waals surface area contributed by atoms with Gasteiger partial charge >= 0.3 is 8.80 Å². The summed E-state index contributed by atoms with van der Waals surface area (Å²) in [5.74, 6) is 0.0502. The second-order valence-corrected chi connectivity index (χ2v) is 4.88. The molecule has 0 aliphatic rings. The highest BCUT2D eigenvalue weighted by Crippen LogP contribution is 2.04. The standard InChI is InChI=1S/C5H12N6O3Si/c6-3-9-4(7)11-5(10-3)8-1-2-15(12,13)14/h12-14H,1-2H2,(H5,6,7,8,9,10,11). The molecule has 0 aliphatic heterocycles. The predicted octanol–water partition coefficient (Wildman–Crippen LogP) is -2.64. The van der Waals surface area contributed by atoms with Gasteiger partial charge in [0.15, 0.2) is 0 Å². The number of hydrogen-bond acceptors (Lipinski definition) is 9. The molecule has 0 amide bonds. The summed E-state index contributed by atoms with van der Waals surface area (Å²) in [6, 6.07) is -0.182. The van der Waals surface area contributed by atoms with E-state index in [-0.39, 0.29) is 30.4 Å². The molecular weight excluding hydrogens is 220 g/mol. The topological polar surface area (TPSA) is 163 Å². The zero-order valence-corrected chi connectivity index (χ0v) is 8.75. The van der Waals surface area contributed by atoms with Crippen LogP contribution in [0.15, 0.2) is 0 Å². The number of aromatic nitrogens is 3. The summed E-state index contributed by atoms with van der Waals surface area (Å²) in [6.07, 6.45) is 0. The predicted molar refractivity (Wildman–Crippen MR) is 54.4 cm³/mol. The molecule has 0 aliphatic carbocycles. The van der Waals surface area contributed by atoms with E-state index in [0.29, 0.717) is 0 Å². The minimum Gasteiger partial charge on any atom is -0.390 e. The van der Waals surface area contributed by atoms with E-state index < -0.39 is 8.80 Å². The van der Waals surface area contributed by atoms with Crippen molar-refractivity contribution in [3.63, 3.8) is 0 Å². The molecule has 1 heterocycles. The lowest BCUT2D eigenvalue weighted by Gasteiger charge is -2.09. The Morgan fingerprint density at radius 1 is 1.07 bits per heavy atom. The number of nitrogens with zero attached hydrogens (tertiary/aromatic N) is 3. The Labute approximate surface area is 86.2 Å². The van der Waals surface area contributed by atoms with Crippen LogP contribution in [-0.2, 0) is 0 Å². The lowest BCUT2D eigenvalue weighted by Crippen LogP contribution is -2.36. The van der Waals surface area contributed by atoms with E-state index in [0.717, 1.165) is 0 Å². The molecule has 8 N–H and O–H groups in total. The van der Waals surface area contributed by atoms with Crippen LogP contribution in [0.25, 0.3) is 0 Å². The molecule has 0 saturated carbocycles. The van der Waals surface area contributed by atoms with Crippen LogP contribution in [0.1, 0.15) is 0 Å². The Morgan fingerprint density at radius 3 is 2.07 bits per heavy atom. The average molecular weight is 232 g/mol. The van der Waals surface area contributed by atoms with Crippen molar-refractivity contribution in [1.82, 2.24) is 15.0 Å². The van der Waals surface area contributed by atoms with Crippen molar-refractivity contribution in [3.8, 4) is 0 Å². The normalized spacial score (nSPS) is 11.4. The number of nitrogens with one attached hydrogen (secondary N) is 1. The van der Waals surface area contributed by atoms with E-state index in [4.69, 9.17) is 25.9 Å². The fourth-order valence-corrected chi connectivity index (χ4v) is 1.29. The Balaban J connectivity index is 2.51. The van der Waals surface area contributed by atoms with Gasteiger partial charge in [-0.3, -0.25) is 0 Å². The van der Waals surface area contributed by atoms with E-state index >= 15 is 0 Å². The highest BCUT2D eigenvalue weighted by Gasteiger charge is 2.25. The molecule has 0 aromatic carbocycles. The van der Waals surface area contributed by atoms with Crippen molar-refractivity contribution in [2.24, 2.45) is 0 Å². The quantitative estimate of drug-likeness (QED) is 0.304. The summed E-state index contributed by atoms with van der Waals surface area (Å²) in [7, 11) is -4.03. The van der Waals surface area contributed by atoms with Crippen LogP contribution in [0.2, 0.25) is 6.04 Å². The molecule has 0 atom stereocenters. The first-order chi connectivity index (χ1) is 6.87. The van der Waals surface area contributed by atoms with Crippen LogP contribution < -0.4 is 16.8 Å². The van der Waals surface area contributed by atoms with Crippen molar-refractivity contribution in [2.45, 2.75) is 6.04 Å². The Morgan fingerprint density at radius 2 is 1.60 bits per heavy atom. The van der Waals surface area contributed by atoms with Gasteiger partial charge in [-0.2, -0.15) is 15.0 Å². The molecule has 0 unspecified atom stereocenters. The fraction of sp³-hybridized carbons (Fsp3) is 0.400. The third-order valence-electron chi connectivity index (χ3n) is 1.41. The van der Waals surface area contributed by atoms with Crippen LogP contribution in [0, 0.1) is 0 Å². The average Bonchev–Trinajstić information content (AvgIpc) is 1.99. The minimum atomic E-state index is -4.03. The van der Waals surface area contributed by atoms with Crippen LogP contribution in [0.4, 0.5) is 17.8 Å². The third-order valence-corrected chi connectivity index (χ3v) is 2.33. The maximum absolute atomic E-state index is 8.71. The molecule has 0 radical (unpaired) electrons. The maximum atomic E-state index is 8.71. The highest BCUT2D eigenvalue weighted by atomic mass is 28.4. The number of rotatable bonds is 4. The molecule has 1 rings (SSSR count). The first-order valence-electron chi connectivity index (χ1n) is 4.05. The number of anilines is 3. The molecular formula is C5H12N6O3Si. The van der Waals surface area contributed by atoms with Crippen molar-refractivity contribution in [3.05, 3.63) is 0 Å². The van der Waals surface area contributed by atoms with E-state index in [9.17, 15) is 0 Å². The van der Waals surface area contributed by atoms with E-state index in [2.05, 4.69) is 20.3 Å². The molecule has 0 bridgehead atoms. The Kier molecular flexibility index (Phi) is 3.36. The van der Waals surface area contributed by atoms with Gasteiger partial charge in [0.25, 0.3) is 0 Å². The highest BCUT2D eigenvalue weighted by molar-refractivity contribution is 6.56. The number of nitrogen functional groups attached to an aromatic ring is 2. The van der Waals surface area contributed by atoms with Crippen LogP contribution >= 0.6 is 0 Å². The van der Waals surface area contributed by atoms with Crippen LogP contribution in [0.5, 0.6) is 0 Å². The summed E-state index contributed by atoms with van der Waals surface area (Å²) in [5.41, 5.74) is 10.6. The van der Waals surface area contributed by atoms with Gasteiger partial charge in [-0.05, 0) is 0 Å². The van der Waals surface area contributed by atoms with Crippen molar-refractivity contribution in [2.75, 3.05) is 23.3 Å². The number of nitrogens with two attached hydrogens (primary N) is 2. The first-order valence-corrected chi connectivity index (χ1v) is 6.10. The van der Waals surface area contributed by atoms with Gasteiger partial charge in [0.2, 0.25) is 17.8 Å². The van der Waals surface area contributed by atoms with Gasteiger partial charge in [-0.25, -0.2) is 0 Å². The largest absolute Gasteiger partial charge is 0.494 e. The van der Waals surface area contributed by atoms with Crippen molar-refractivity contribution in [1.29, 1.82) is 0 Å². The second kappa shape index (κ2) is 4.35. The molecule has 0 fully saturated rings. The lowest BCUT2D eigenvalue weighted by molar-refractivity contribution is 0.229. The summed E-state index contributed by atoms with van der Waals surface area (Å²) < 4.78 is 0. The van der Waals surface area contributed by atoms with E-state index in [1.54, 1.807) is 0 Å². The van der Waals surface area contributed by atoms with Crippen LogP contribution in [-0.4, -0.2) is 44.7 Å². The minimum absolute atomic E-state index is 0.0366. The lowest BCUT2D eigenvalue weighted by atomic mass is 10.7. The second-order valence-electron chi connectivity index (χ2n) is 2.83. The monoisotopic (exact) mass is 232 g/mol. The van der Waals surface area contributed by atoms with Crippen molar-refractivity contribution < 1.29 is 14.4 Å². The van der Waals surface area contributed by atoms with Gasteiger partial charge in [0, 0.05) is 12.6 Å². The molecule has 10 heteroatoms. The zero-order valence-electron chi connectivity index (χ0n) is 7.75. The third kappa shape index (κ3) is 4.50. The number of hydrogen-bond donors (Lipinski definition) is 6. The first kappa shape index (κ1) is 11.6. The SMILES string of the molecule is Nc1nc(N)nc(NCC[Si](O)(O)O)n1.